The molecule has 0 saturated carbocycles. The average Bonchev–Trinajstić information content (AvgIpc) is 1.86. The number of carboxylic acids is 1. The Morgan fingerprint density at radius 2 is 2.20 bits per heavy atom. The lowest BCUT2D eigenvalue weighted by Crippen LogP contribution is -1.96. The Morgan fingerprint density at radius 3 is 2.50 bits per heavy atom. The van der Waals surface area contributed by atoms with Crippen molar-refractivity contribution in [1.82, 2.24) is 0 Å². The third kappa shape index (κ3) is 3.89. The van der Waals surface area contributed by atoms with Gasteiger partial charge in [0.2, 0.25) is 0 Å². The molecule has 0 aromatic carbocycles. The fraction of sp³-hybridized carbons (Fsp3) is 0.250. The first-order chi connectivity index (χ1) is 4.70. The van der Waals surface area contributed by atoms with Gasteiger partial charge in [0, 0.05) is 0 Å². The molecule has 1 N–H and O–H groups in total. The number of rotatable bonds is 4. The molecule has 0 bridgehead atoms. The van der Waals surface area contributed by atoms with Crippen LogP contribution in [-0.2, 0) is 4.79 Å². The van der Waals surface area contributed by atoms with E-state index >= 15 is 0 Å². The molecule has 0 fully saturated rings. The summed E-state index contributed by atoms with van der Waals surface area (Å²) in [6.07, 6.45) is 3.90. The molecule has 10 heavy (non-hydrogen) atoms. The van der Waals surface area contributed by atoms with Crippen LogP contribution >= 0.6 is 0 Å². The lowest BCUT2D eigenvalue weighted by Gasteiger charge is -1.96. The van der Waals surface area contributed by atoms with E-state index in [1.165, 1.54) is 0 Å². The van der Waals surface area contributed by atoms with Crippen LogP contribution in [0.4, 0.5) is 0 Å². The minimum atomic E-state index is -0.822. The van der Waals surface area contributed by atoms with E-state index in [1.807, 2.05) is 0 Å². The maximum absolute atomic E-state index is 10.1. The maximum Gasteiger partial charge on any atom is 0.307 e. The number of hydrogen-bond acceptors (Lipinski definition) is 1. The van der Waals surface area contributed by atoms with Gasteiger partial charge < -0.3 is 5.11 Å². The molecule has 0 saturated heterocycles. The SMILES string of the molecule is [CH2]C=C(CC=C)CC(=O)O. The summed E-state index contributed by atoms with van der Waals surface area (Å²) in [6, 6.07) is 0. The first-order valence-electron chi connectivity index (χ1n) is 3.00. The molecule has 0 aliphatic carbocycles. The Labute approximate surface area is 60.9 Å². The third-order valence-corrected chi connectivity index (χ3v) is 1.07. The molecule has 2 nitrogen and oxygen atoms in total. The second-order valence-corrected chi connectivity index (χ2v) is 1.93. The highest BCUT2D eigenvalue weighted by molar-refractivity contribution is 5.70. The van der Waals surface area contributed by atoms with E-state index in [0.717, 1.165) is 5.57 Å². The Bertz CT molecular complexity index is 157. The Hall–Kier alpha value is -1.05. The molecule has 0 aliphatic rings. The molecule has 1 radical (unpaired) electrons. The number of carbonyl (C=O) groups is 1. The highest BCUT2D eigenvalue weighted by atomic mass is 16.4. The third-order valence-electron chi connectivity index (χ3n) is 1.07. The van der Waals surface area contributed by atoms with E-state index in [0.29, 0.717) is 6.42 Å². The molecule has 0 heterocycles. The minimum Gasteiger partial charge on any atom is -0.481 e. The molecule has 0 aromatic heterocycles. The van der Waals surface area contributed by atoms with Gasteiger partial charge in [-0.25, -0.2) is 0 Å². The molecule has 0 atom stereocenters. The van der Waals surface area contributed by atoms with Gasteiger partial charge in [0.1, 0.15) is 0 Å². The predicted molar refractivity (Wildman–Crippen MR) is 40.5 cm³/mol. The summed E-state index contributed by atoms with van der Waals surface area (Å²) in [7, 11) is 0. The molecule has 0 amide bonds. The summed E-state index contributed by atoms with van der Waals surface area (Å²) in [5.74, 6) is -0.822. The summed E-state index contributed by atoms with van der Waals surface area (Å²) in [5.41, 5.74) is 0.794. The summed E-state index contributed by atoms with van der Waals surface area (Å²) < 4.78 is 0. The first-order valence-corrected chi connectivity index (χ1v) is 3.00. The van der Waals surface area contributed by atoms with Crippen LogP contribution < -0.4 is 0 Å². The van der Waals surface area contributed by atoms with Gasteiger partial charge in [-0.1, -0.05) is 17.7 Å². The molecular formula is C8H11O2. The quantitative estimate of drug-likeness (QED) is 0.603. The zero-order valence-corrected chi connectivity index (χ0v) is 5.84. The Balaban J connectivity index is 3.84. The van der Waals surface area contributed by atoms with Crippen LogP contribution in [0.3, 0.4) is 0 Å². The van der Waals surface area contributed by atoms with Crippen LogP contribution in [0.15, 0.2) is 24.3 Å². The van der Waals surface area contributed by atoms with Gasteiger partial charge in [-0.15, -0.1) is 6.58 Å². The van der Waals surface area contributed by atoms with Gasteiger partial charge in [0.15, 0.2) is 0 Å². The van der Waals surface area contributed by atoms with Gasteiger partial charge in [-0.05, 0) is 13.3 Å². The van der Waals surface area contributed by atoms with Crippen molar-refractivity contribution in [3.63, 3.8) is 0 Å². The highest BCUT2D eigenvalue weighted by Crippen LogP contribution is 2.06. The van der Waals surface area contributed by atoms with Crippen LogP contribution in [-0.4, -0.2) is 11.1 Å². The highest BCUT2D eigenvalue weighted by Gasteiger charge is 1.99. The lowest BCUT2D eigenvalue weighted by atomic mass is 10.1. The van der Waals surface area contributed by atoms with Crippen LogP contribution in [0.2, 0.25) is 0 Å². The Morgan fingerprint density at radius 1 is 1.60 bits per heavy atom. The fourth-order valence-electron chi connectivity index (χ4n) is 0.607. The van der Waals surface area contributed by atoms with Crippen LogP contribution in [0.1, 0.15) is 12.8 Å². The molecule has 0 aliphatic heterocycles. The molecule has 0 rings (SSSR count). The first kappa shape index (κ1) is 8.95. The van der Waals surface area contributed by atoms with Gasteiger partial charge in [0.25, 0.3) is 0 Å². The largest absolute Gasteiger partial charge is 0.481 e. The average molecular weight is 139 g/mol. The van der Waals surface area contributed by atoms with Crippen LogP contribution in [0.25, 0.3) is 0 Å². The van der Waals surface area contributed by atoms with Crippen molar-refractivity contribution in [2.24, 2.45) is 0 Å². The second-order valence-electron chi connectivity index (χ2n) is 1.93. The van der Waals surface area contributed by atoms with Crippen molar-refractivity contribution < 1.29 is 9.90 Å². The van der Waals surface area contributed by atoms with Crippen molar-refractivity contribution in [2.75, 3.05) is 0 Å². The molecule has 2 heteroatoms. The zero-order chi connectivity index (χ0) is 7.98. The summed E-state index contributed by atoms with van der Waals surface area (Å²) in [5, 5.41) is 8.34. The van der Waals surface area contributed by atoms with E-state index in [-0.39, 0.29) is 6.42 Å². The molecule has 0 spiro atoms. The number of carboxylic acid groups (broad SMARTS) is 1. The smallest absolute Gasteiger partial charge is 0.307 e. The van der Waals surface area contributed by atoms with E-state index < -0.39 is 5.97 Å². The number of allylic oxidation sites excluding steroid dienone is 2. The van der Waals surface area contributed by atoms with Crippen molar-refractivity contribution in [3.05, 3.63) is 31.2 Å². The van der Waals surface area contributed by atoms with E-state index in [9.17, 15) is 4.79 Å². The van der Waals surface area contributed by atoms with Crippen LogP contribution in [0.5, 0.6) is 0 Å². The van der Waals surface area contributed by atoms with Crippen molar-refractivity contribution >= 4 is 5.97 Å². The van der Waals surface area contributed by atoms with Crippen molar-refractivity contribution in [1.29, 1.82) is 0 Å². The molecule has 55 valence electrons. The maximum atomic E-state index is 10.1. The molecule has 0 aromatic rings. The van der Waals surface area contributed by atoms with Crippen molar-refractivity contribution in [2.45, 2.75) is 12.8 Å². The Kier molecular flexibility index (Phi) is 4.29. The van der Waals surface area contributed by atoms with E-state index in [1.54, 1.807) is 12.2 Å². The fourth-order valence-corrected chi connectivity index (χ4v) is 0.607. The summed E-state index contributed by atoms with van der Waals surface area (Å²) >= 11 is 0. The minimum absolute atomic E-state index is 0.0650. The molecular weight excluding hydrogens is 128 g/mol. The topological polar surface area (TPSA) is 37.3 Å². The summed E-state index contributed by atoms with van der Waals surface area (Å²) in [4.78, 5) is 10.1. The van der Waals surface area contributed by atoms with E-state index in [2.05, 4.69) is 13.5 Å². The second kappa shape index (κ2) is 4.79. The summed E-state index contributed by atoms with van der Waals surface area (Å²) in [6.45, 7) is 6.98. The van der Waals surface area contributed by atoms with Gasteiger partial charge in [-0.3, -0.25) is 4.79 Å². The van der Waals surface area contributed by atoms with Crippen molar-refractivity contribution in [3.8, 4) is 0 Å². The number of aliphatic carboxylic acids is 1. The predicted octanol–water partition coefficient (Wildman–Crippen LogP) is 1.80. The standard InChI is InChI=1S/C8H11O2/c1-3-5-7(4-2)6-8(9)10/h3-4H,1-2,5-6H2,(H,9,10). The van der Waals surface area contributed by atoms with Gasteiger partial charge in [-0.2, -0.15) is 0 Å². The number of hydrogen-bond donors (Lipinski definition) is 1. The van der Waals surface area contributed by atoms with Gasteiger partial charge >= 0.3 is 5.97 Å². The lowest BCUT2D eigenvalue weighted by molar-refractivity contribution is -0.136. The van der Waals surface area contributed by atoms with E-state index in [4.69, 9.17) is 5.11 Å². The van der Waals surface area contributed by atoms with Crippen LogP contribution in [0, 0.1) is 6.92 Å². The van der Waals surface area contributed by atoms with Gasteiger partial charge in [0.05, 0.1) is 6.42 Å². The monoisotopic (exact) mass is 139 g/mol. The normalized spacial score (nSPS) is 11.1. The zero-order valence-electron chi connectivity index (χ0n) is 5.84. The molecule has 0 unspecified atom stereocenters.